The van der Waals surface area contributed by atoms with Crippen molar-refractivity contribution in [2.75, 3.05) is 40.4 Å². The maximum absolute atomic E-state index is 5.58. The molecule has 2 atom stereocenters. The van der Waals surface area contributed by atoms with E-state index in [1.807, 2.05) is 6.07 Å². The second kappa shape index (κ2) is 8.21. The van der Waals surface area contributed by atoms with Crippen molar-refractivity contribution < 1.29 is 9.47 Å². The fourth-order valence-corrected chi connectivity index (χ4v) is 4.41. The van der Waals surface area contributed by atoms with Crippen LogP contribution in [0, 0.1) is 5.92 Å². The Morgan fingerprint density at radius 1 is 1.00 bits per heavy atom. The summed E-state index contributed by atoms with van der Waals surface area (Å²) in [5.41, 5.74) is 1.22. The highest BCUT2D eigenvalue weighted by Crippen LogP contribution is 2.32. The molecule has 2 fully saturated rings. The zero-order chi connectivity index (χ0) is 16.9. The van der Waals surface area contributed by atoms with Gasteiger partial charge in [0.15, 0.2) is 11.5 Å². The SMILES string of the molecule is COc1cccc(CN2CCN([C@@H]3CCCC[C@H]3C)CC2)c1OC. The third-order valence-electron chi connectivity index (χ3n) is 5.82. The van der Waals surface area contributed by atoms with Gasteiger partial charge >= 0.3 is 0 Å². The highest BCUT2D eigenvalue weighted by Gasteiger charge is 2.29. The summed E-state index contributed by atoms with van der Waals surface area (Å²) in [6, 6.07) is 6.98. The molecule has 134 valence electrons. The molecule has 4 nitrogen and oxygen atoms in total. The Hall–Kier alpha value is -1.26. The number of rotatable bonds is 5. The fraction of sp³-hybridized carbons (Fsp3) is 0.700. The fourth-order valence-electron chi connectivity index (χ4n) is 4.41. The van der Waals surface area contributed by atoms with Crippen molar-refractivity contribution in [1.29, 1.82) is 0 Å². The Bertz CT molecular complexity index is 526. The van der Waals surface area contributed by atoms with Gasteiger partial charge in [-0.3, -0.25) is 9.80 Å². The Kier molecular flexibility index (Phi) is 6.01. The van der Waals surface area contributed by atoms with Gasteiger partial charge in [-0.25, -0.2) is 0 Å². The molecule has 24 heavy (non-hydrogen) atoms. The number of hydrogen-bond donors (Lipinski definition) is 0. The van der Waals surface area contributed by atoms with Gasteiger partial charge in [-0.1, -0.05) is 31.9 Å². The minimum Gasteiger partial charge on any atom is -0.493 e. The van der Waals surface area contributed by atoms with Crippen molar-refractivity contribution in [2.45, 2.75) is 45.2 Å². The van der Waals surface area contributed by atoms with E-state index in [0.717, 1.165) is 43.1 Å². The summed E-state index contributed by atoms with van der Waals surface area (Å²) >= 11 is 0. The molecule has 1 saturated heterocycles. The number of nitrogens with zero attached hydrogens (tertiary/aromatic N) is 2. The molecule has 0 amide bonds. The second-order valence-electron chi connectivity index (χ2n) is 7.29. The second-order valence-corrected chi connectivity index (χ2v) is 7.29. The molecule has 0 N–H and O–H groups in total. The minimum atomic E-state index is 0.812. The lowest BCUT2D eigenvalue weighted by Crippen LogP contribution is -2.52. The van der Waals surface area contributed by atoms with Gasteiger partial charge in [-0.05, 0) is 24.8 Å². The Morgan fingerprint density at radius 3 is 2.42 bits per heavy atom. The van der Waals surface area contributed by atoms with Gasteiger partial charge in [-0.15, -0.1) is 0 Å². The predicted octanol–water partition coefficient (Wildman–Crippen LogP) is 3.40. The van der Waals surface area contributed by atoms with E-state index in [1.165, 1.54) is 44.3 Å². The molecule has 1 aliphatic carbocycles. The van der Waals surface area contributed by atoms with Crippen LogP contribution in [-0.4, -0.2) is 56.2 Å². The molecular formula is C20H32N2O2. The van der Waals surface area contributed by atoms with Crippen molar-refractivity contribution in [2.24, 2.45) is 5.92 Å². The first-order chi connectivity index (χ1) is 11.7. The van der Waals surface area contributed by atoms with Crippen molar-refractivity contribution in [3.63, 3.8) is 0 Å². The monoisotopic (exact) mass is 332 g/mol. The lowest BCUT2D eigenvalue weighted by atomic mass is 9.84. The largest absolute Gasteiger partial charge is 0.493 e. The molecule has 2 aliphatic rings. The van der Waals surface area contributed by atoms with E-state index >= 15 is 0 Å². The smallest absolute Gasteiger partial charge is 0.165 e. The first-order valence-electron chi connectivity index (χ1n) is 9.39. The quantitative estimate of drug-likeness (QED) is 0.825. The lowest BCUT2D eigenvalue weighted by Gasteiger charge is -2.43. The molecular weight excluding hydrogens is 300 g/mol. The molecule has 0 radical (unpaired) electrons. The number of hydrogen-bond acceptors (Lipinski definition) is 4. The summed E-state index contributed by atoms with van der Waals surface area (Å²) in [5.74, 6) is 2.57. The van der Waals surface area contributed by atoms with Crippen LogP contribution in [0.3, 0.4) is 0 Å². The van der Waals surface area contributed by atoms with Gasteiger partial charge in [-0.2, -0.15) is 0 Å². The molecule has 1 saturated carbocycles. The molecule has 1 aromatic rings. The number of para-hydroxylation sites is 1. The van der Waals surface area contributed by atoms with Crippen molar-refractivity contribution in [1.82, 2.24) is 9.80 Å². The van der Waals surface area contributed by atoms with Gasteiger partial charge in [0.1, 0.15) is 0 Å². The molecule has 0 unspecified atom stereocenters. The van der Waals surface area contributed by atoms with E-state index in [1.54, 1.807) is 14.2 Å². The summed E-state index contributed by atoms with van der Waals surface area (Å²) in [7, 11) is 3.43. The van der Waals surface area contributed by atoms with E-state index < -0.39 is 0 Å². The summed E-state index contributed by atoms with van der Waals surface area (Å²) in [6.45, 7) is 8.06. The van der Waals surface area contributed by atoms with Crippen LogP contribution in [0.2, 0.25) is 0 Å². The maximum atomic E-state index is 5.58. The minimum absolute atomic E-state index is 0.812. The highest BCUT2D eigenvalue weighted by atomic mass is 16.5. The summed E-state index contributed by atoms with van der Waals surface area (Å²) in [6.07, 6.45) is 5.64. The van der Waals surface area contributed by atoms with Crippen LogP contribution in [0.5, 0.6) is 11.5 Å². The maximum Gasteiger partial charge on any atom is 0.165 e. The van der Waals surface area contributed by atoms with Gasteiger partial charge in [0, 0.05) is 44.3 Å². The number of methoxy groups -OCH3 is 2. The molecule has 1 aromatic carbocycles. The van der Waals surface area contributed by atoms with Gasteiger partial charge in [0.2, 0.25) is 0 Å². The Labute approximate surface area is 146 Å². The van der Waals surface area contributed by atoms with E-state index in [2.05, 4.69) is 28.9 Å². The summed E-state index contributed by atoms with van der Waals surface area (Å²) < 4.78 is 11.0. The third-order valence-corrected chi connectivity index (χ3v) is 5.82. The van der Waals surface area contributed by atoms with Crippen LogP contribution in [0.1, 0.15) is 38.2 Å². The molecule has 0 aromatic heterocycles. The van der Waals surface area contributed by atoms with Crippen LogP contribution in [0.15, 0.2) is 18.2 Å². The normalized spacial score (nSPS) is 26.3. The predicted molar refractivity (Wildman–Crippen MR) is 97.8 cm³/mol. The average Bonchev–Trinajstić information content (AvgIpc) is 2.62. The van der Waals surface area contributed by atoms with Crippen LogP contribution in [0.4, 0.5) is 0 Å². The molecule has 1 aliphatic heterocycles. The third kappa shape index (κ3) is 3.86. The number of benzene rings is 1. The summed E-state index contributed by atoms with van der Waals surface area (Å²) in [5, 5.41) is 0. The van der Waals surface area contributed by atoms with E-state index in [9.17, 15) is 0 Å². The van der Waals surface area contributed by atoms with Crippen LogP contribution < -0.4 is 9.47 Å². The number of ether oxygens (including phenoxy) is 2. The van der Waals surface area contributed by atoms with E-state index in [-0.39, 0.29) is 0 Å². The van der Waals surface area contributed by atoms with E-state index in [0.29, 0.717) is 0 Å². The van der Waals surface area contributed by atoms with Gasteiger partial charge in [0.25, 0.3) is 0 Å². The standard InChI is InChI=1S/C20H32N2O2/c1-16-7-4-5-9-18(16)22-13-11-21(12-14-22)15-17-8-6-10-19(23-2)20(17)24-3/h6,8,10,16,18H,4-5,7,9,11-15H2,1-3H3/t16-,18-/m1/s1. The van der Waals surface area contributed by atoms with Gasteiger partial charge < -0.3 is 9.47 Å². The molecule has 0 bridgehead atoms. The molecule has 3 rings (SSSR count). The summed E-state index contributed by atoms with van der Waals surface area (Å²) in [4.78, 5) is 5.28. The van der Waals surface area contributed by atoms with Crippen LogP contribution in [0.25, 0.3) is 0 Å². The number of piperazine rings is 1. The van der Waals surface area contributed by atoms with Crippen molar-refractivity contribution >= 4 is 0 Å². The average molecular weight is 332 g/mol. The zero-order valence-corrected chi connectivity index (χ0v) is 15.5. The van der Waals surface area contributed by atoms with Crippen LogP contribution in [-0.2, 0) is 6.54 Å². The van der Waals surface area contributed by atoms with Crippen molar-refractivity contribution in [3.8, 4) is 11.5 Å². The van der Waals surface area contributed by atoms with E-state index in [4.69, 9.17) is 9.47 Å². The highest BCUT2D eigenvalue weighted by molar-refractivity contribution is 5.46. The molecule has 1 heterocycles. The Balaban J connectivity index is 1.58. The first kappa shape index (κ1) is 17.6. The van der Waals surface area contributed by atoms with Gasteiger partial charge in [0.05, 0.1) is 14.2 Å². The van der Waals surface area contributed by atoms with Crippen LogP contribution >= 0.6 is 0 Å². The lowest BCUT2D eigenvalue weighted by molar-refractivity contribution is 0.0515. The van der Waals surface area contributed by atoms with Crippen molar-refractivity contribution in [3.05, 3.63) is 23.8 Å². The first-order valence-corrected chi connectivity index (χ1v) is 9.39. The molecule has 4 heteroatoms. The topological polar surface area (TPSA) is 24.9 Å². The zero-order valence-electron chi connectivity index (χ0n) is 15.5. The molecule has 0 spiro atoms. The Morgan fingerprint density at radius 2 is 1.75 bits per heavy atom.